The summed E-state index contributed by atoms with van der Waals surface area (Å²) >= 11 is 1.67. The van der Waals surface area contributed by atoms with Gasteiger partial charge >= 0.3 is 0 Å². The molecule has 2 amide bonds. The minimum absolute atomic E-state index is 0.000218. The molecule has 6 nitrogen and oxygen atoms in total. The largest absolute Gasteiger partial charge is 0.484 e. The predicted molar refractivity (Wildman–Crippen MR) is 110 cm³/mol. The number of carbonyl (C=O) groups is 2. The molecule has 150 valence electrons. The third-order valence-corrected chi connectivity index (χ3v) is 5.60. The second kappa shape index (κ2) is 11.2. The molecule has 1 heterocycles. The van der Waals surface area contributed by atoms with E-state index < -0.39 is 6.04 Å². The van der Waals surface area contributed by atoms with Gasteiger partial charge in [0.2, 0.25) is 5.91 Å². The van der Waals surface area contributed by atoms with E-state index in [4.69, 9.17) is 10.5 Å². The molecule has 0 aromatic heterocycles. The number of rotatable bonds is 9. The molecule has 1 aromatic rings. The molecule has 2 rings (SSSR count). The predicted octanol–water partition coefficient (Wildman–Crippen LogP) is 1.89. The van der Waals surface area contributed by atoms with Crippen molar-refractivity contribution in [2.24, 2.45) is 11.7 Å². The molecule has 1 aliphatic heterocycles. The van der Waals surface area contributed by atoms with Crippen molar-refractivity contribution in [3.8, 4) is 5.75 Å². The maximum atomic E-state index is 12.9. The molecule has 3 N–H and O–H groups in total. The van der Waals surface area contributed by atoms with Crippen LogP contribution in [-0.4, -0.2) is 60.5 Å². The van der Waals surface area contributed by atoms with Crippen LogP contribution in [0.15, 0.2) is 30.3 Å². The molecule has 2 atom stereocenters. The highest BCUT2D eigenvalue weighted by Gasteiger charge is 2.30. The van der Waals surface area contributed by atoms with Crippen LogP contribution in [0.5, 0.6) is 5.75 Å². The molecular formula is C20H31N3O3S. The average Bonchev–Trinajstić information content (AvgIpc) is 2.70. The molecule has 1 aliphatic rings. The lowest BCUT2D eigenvalue weighted by molar-refractivity contribution is -0.138. The number of ether oxygens (including phenoxy) is 1. The minimum atomic E-state index is -0.504. The molecule has 0 bridgehead atoms. The van der Waals surface area contributed by atoms with Crippen molar-refractivity contribution in [3.05, 3.63) is 30.3 Å². The van der Waals surface area contributed by atoms with Crippen LogP contribution in [0.4, 0.5) is 0 Å². The fourth-order valence-corrected chi connectivity index (χ4v) is 3.73. The smallest absolute Gasteiger partial charge is 0.258 e. The van der Waals surface area contributed by atoms with Crippen LogP contribution in [0, 0.1) is 5.92 Å². The van der Waals surface area contributed by atoms with Gasteiger partial charge in [-0.25, -0.2) is 0 Å². The Morgan fingerprint density at radius 1 is 1.30 bits per heavy atom. The number of para-hydroxylation sites is 1. The van der Waals surface area contributed by atoms with Crippen LogP contribution in [0.2, 0.25) is 0 Å². The number of nitrogens with two attached hydrogens (primary N) is 1. The number of nitrogens with one attached hydrogen (secondary N) is 1. The average molecular weight is 394 g/mol. The topological polar surface area (TPSA) is 84.7 Å². The van der Waals surface area contributed by atoms with E-state index in [0.717, 1.165) is 18.6 Å². The van der Waals surface area contributed by atoms with Gasteiger partial charge < -0.3 is 20.7 Å². The summed E-state index contributed by atoms with van der Waals surface area (Å²) in [6, 6.07) is 8.84. The van der Waals surface area contributed by atoms with Gasteiger partial charge in [-0.1, -0.05) is 18.2 Å². The Labute approximate surface area is 166 Å². The quantitative estimate of drug-likeness (QED) is 0.669. The van der Waals surface area contributed by atoms with Crippen molar-refractivity contribution >= 4 is 23.6 Å². The molecule has 1 saturated heterocycles. The fourth-order valence-electron chi connectivity index (χ4n) is 3.26. The van der Waals surface area contributed by atoms with Crippen molar-refractivity contribution in [1.29, 1.82) is 0 Å². The molecule has 7 heteroatoms. The zero-order valence-electron chi connectivity index (χ0n) is 16.2. The van der Waals surface area contributed by atoms with Gasteiger partial charge in [0, 0.05) is 19.1 Å². The van der Waals surface area contributed by atoms with Crippen molar-refractivity contribution in [2.45, 2.75) is 38.3 Å². The first-order chi connectivity index (χ1) is 13.0. The Balaban J connectivity index is 1.87. The second-order valence-corrected chi connectivity index (χ2v) is 8.01. The number of hydrogen-bond donors (Lipinski definition) is 2. The SMILES string of the molecule is CSCCC(NC(=O)COc1ccccc1)C(=O)N1CCC(C(C)N)CC1. The minimum Gasteiger partial charge on any atom is -0.484 e. The first kappa shape index (κ1) is 21.6. The molecule has 1 aromatic carbocycles. The van der Waals surface area contributed by atoms with Crippen molar-refractivity contribution in [2.75, 3.05) is 31.7 Å². The number of likely N-dealkylation sites (tertiary alicyclic amines) is 1. The second-order valence-electron chi connectivity index (χ2n) is 7.03. The van der Waals surface area contributed by atoms with E-state index in [0.29, 0.717) is 31.2 Å². The van der Waals surface area contributed by atoms with E-state index in [9.17, 15) is 9.59 Å². The summed E-state index contributed by atoms with van der Waals surface area (Å²) in [4.78, 5) is 27.1. The van der Waals surface area contributed by atoms with Gasteiger partial charge in [-0.05, 0) is 56.2 Å². The van der Waals surface area contributed by atoms with Crippen LogP contribution >= 0.6 is 11.8 Å². The zero-order valence-corrected chi connectivity index (χ0v) is 17.0. The van der Waals surface area contributed by atoms with Crippen LogP contribution in [0.1, 0.15) is 26.2 Å². The van der Waals surface area contributed by atoms with E-state index in [1.54, 1.807) is 23.9 Å². The molecule has 27 heavy (non-hydrogen) atoms. The lowest BCUT2D eigenvalue weighted by Crippen LogP contribution is -2.52. The van der Waals surface area contributed by atoms with Gasteiger partial charge in [0.25, 0.3) is 5.91 Å². The van der Waals surface area contributed by atoms with E-state index in [-0.39, 0.29) is 24.5 Å². The summed E-state index contributed by atoms with van der Waals surface area (Å²) in [6.45, 7) is 3.34. The van der Waals surface area contributed by atoms with Crippen LogP contribution in [0.3, 0.4) is 0 Å². The summed E-state index contributed by atoms with van der Waals surface area (Å²) in [7, 11) is 0. The van der Waals surface area contributed by atoms with Crippen molar-refractivity contribution in [3.63, 3.8) is 0 Å². The van der Waals surface area contributed by atoms with Gasteiger partial charge in [-0.3, -0.25) is 9.59 Å². The number of carbonyl (C=O) groups excluding carboxylic acids is 2. The van der Waals surface area contributed by atoms with Crippen molar-refractivity contribution < 1.29 is 14.3 Å². The summed E-state index contributed by atoms with van der Waals surface area (Å²) in [5.74, 6) is 1.64. The van der Waals surface area contributed by atoms with E-state index >= 15 is 0 Å². The number of hydrogen-bond acceptors (Lipinski definition) is 5. The maximum absolute atomic E-state index is 12.9. The fraction of sp³-hybridized carbons (Fsp3) is 0.600. The van der Waals surface area contributed by atoms with Gasteiger partial charge in [-0.2, -0.15) is 11.8 Å². The number of thioether (sulfide) groups is 1. The molecular weight excluding hydrogens is 362 g/mol. The summed E-state index contributed by atoms with van der Waals surface area (Å²) < 4.78 is 5.48. The van der Waals surface area contributed by atoms with Crippen molar-refractivity contribution in [1.82, 2.24) is 10.2 Å². The molecule has 0 spiro atoms. The number of nitrogens with zero attached hydrogens (tertiary/aromatic N) is 1. The lowest BCUT2D eigenvalue weighted by atomic mass is 9.90. The lowest BCUT2D eigenvalue weighted by Gasteiger charge is -2.35. The highest BCUT2D eigenvalue weighted by molar-refractivity contribution is 7.98. The van der Waals surface area contributed by atoms with Crippen LogP contribution < -0.4 is 15.8 Å². The summed E-state index contributed by atoms with van der Waals surface area (Å²) in [5, 5.41) is 2.86. The zero-order chi connectivity index (χ0) is 19.6. The highest BCUT2D eigenvalue weighted by Crippen LogP contribution is 2.20. The molecule has 0 saturated carbocycles. The standard InChI is InChI=1S/C20H31N3O3S/c1-15(21)16-8-11-23(12-9-16)20(25)18(10-13-27-2)22-19(24)14-26-17-6-4-3-5-7-17/h3-7,15-16,18H,8-14,21H2,1-2H3,(H,22,24). The molecule has 0 aliphatic carbocycles. The van der Waals surface area contributed by atoms with E-state index in [2.05, 4.69) is 5.32 Å². The summed E-state index contributed by atoms with van der Waals surface area (Å²) in [5.41, 5.74) is 5.98. The summed E-state index contributed by atoms with van der Waals surface area (Å²) in [6.07, 6.45) is 4.45. The third-order valence-electron chi connectivity index (χ3n) is 4.95. The van der Waals surface area contributed by atoms with Gasteiger partial charge in [0.15, 0.2) is 6.61 Å². The molecule has 1 fully saturated rings. The Morgan fingerprint density at radius 3 is 2.56 bits per heavy atom. The maximum Gasteiger partial charge on any atom is 0.258 e. The van der Waals surface area contributed by atoms with Gasteiger partial charge in [-0.15, -0.1) is 0 Å². The normalized spacial score (nSPS) is 17.2. The van der Waals surface area contributed by atoms with Crippen LogP contribution in [-0.2, 0) is 9.59 Å². The van der Waals surface area contributed by atoms with Gasteiger partial charge in [0.1, 0.15) is 11.8 Å². The number of benzene rings is 1. The monoisotopic (exact) mass is 393 g/mol. The van der Waals surface area contributed by atoms with E-state index in [1.807, 2.05) is 36.3 Å². The first-order valence-electron chi connectivity index (χ1n) is 9.51. The Bertz CT molecular complexity index is 589. The first-order valence-corrected chi connectivity index (χ1v) is 10.9. The Kier molecular flexibility index (Phi) is 8.94. The Morgan fingerprint density at radius 2 is 1.96 bits per heavy atom. The molecule has 2 unspecified atom stereocenters. The molecule has 0 radical (unpaired) electrons. The van der Waals surface area contributed by atoms with E-state index in [1.165, 1.54) is 0 Å². The highest BCUT2D eigenvalue weighted by atomic mass is 32.2. The van der Waals surface area contributed by atoms with Crippen LogP contribution in [0.25, 0.3) is 0 Å². The van der Waals surface area contributed by atoms with Gasteiger partial charge in [0.05, 0.1) is 0 Å². The Hall–Kier alpha value is -1.73. The number of amides is 2. The third kappa shape index (κ3) is 7.07. The number of piperidine rings is 1.